The minimum absolute atomic E-state index is 0. The first-order valence-corrected chi connectivity index (χ1v) is 27.6. The van der Waals surface area contributed by atoms with Gasteiger partial charge in [-0.3, -0.25) is 4.79 Å². The fraction of sp³-hybridized carbons (Fsp3) is 0.966. The van der Waals surface area contributed by atoms with Crippen LogP contribution in [-0.2, 0) is 28.5 Å². The highest BCUT2D eigenvalue weighted by Gasteiger charge is 2.10. The number of aliphatic hydroxyl groups is 4. The van der Waals surface area contributed by atoms with Crippen LogP contribution in [0, 0.1) is 0 Å². The quantitative estimate of drug-likeness (QED) is 0.0263. The van der Waals surface area contributed by atoms with Gasteiger partial charge in [-0.15, -0.1) is 0 Å². The van der Waals surface area contributed by atoms with Crippen LogP contribution in [0.15, 0.2) is 0 Å². The number of ketones is 1. The van der Waals surface area contributed by atoms with Crippen LogP contribution in [0.2, 0.25) is 0 Å². The van der Waals surface area contributed by atoms with E-state index in [1.807, 2.05) is 21.1 Å². The molecular weight excluding hydrogens is 906 g/mol. The lowest BCUT2D eigenvalue weighted by atomic mass is 10.0. The number of nitrogens with zero attached hydrogens (tertiary/aromatic N) is 1. The lowest BCUT2D eigenvalue weighted by Crippen LogP contribution is -3.00. The first-order chi connectivity index (χ1) is 32.0. The molecule has 0 aromatic heterocycles. The average molecular weight is 1030 g/mol. The fourth-order valence-corrected chi connectivity index (χ4v) is 7.60. The third kappa shape index (κ3) is 78.7. The highest BCUT2D eigenvalue weighted by atomic mass is 35.5. The summed E-state index contributed by atoms with van der Waals surface area (Å²) < 4.78 is 23.2. The number of unbranched alkanes of at least 4 members (excludes halogenated alkanes) is 29. The average Bonchev–Trinajstić information content (AvgIpc) is 3.29. The van der Waals surface area contributed by atoms with Gasteiger partial charge in [0.1, 0.15) is 25.0 Å². The normalized spacial score (nSPS) is 12.1. The van der Waals surface area contributed by atoms with Gasteiger partial charge in [0.15, 0.2) is 5.78 Å². The number of rotatable bonds is 51. The van der Waals surface area contributed by atoms with Crippen molar-refractivity contribution in [3.8, 4) is 0 Å². The maximum atomic E-state index is 10.4. The van der Waals surface area contributed by atoms with Crippen LogP contribution in [0.4, 0.5) is 0 Å². The Morgan fingerprint density at radius 2 is 0.771 bits per heavy atom. The van der Waals surface area contributed by atoms with Gasteiger partial charge in [0.2, 0.25) is 0 Å². The molecule has 70 heavy (non-hydrogen) atoms. The molecule has 0 aromatic carbocycles. The number of ether oxygens (including phenoxy) is 4. The smallest absolute Gasteiger partial charge is 0.183 e. The summed E-state index contributed by atoms with van der Waals surface area (Å²) in [7, 11) is 6.00. The maximum Gasteiger partial charge on any atom is 0.183 e. The Labute approximate surface area is 443 Å². The molecule has 0 heterocycles. The van der Waals surface area contributed by atoms with Crippen molar-refractivity contribution < 1.29 is 65.9 Å². The molecule has 0 saturated heterocycles. The molecule has 0 aromatic rings. The third-order valence-electron chi connectivity index (χ3n) is 11.6. The predicted octanol–water partition coefficient (Wildman–Crippen LogP) is 10.8. The zero-order chi connectivity index (χ0) is 49.5. The van der Waals surface area contributed by atoms with Crippen molar-refractivity contribution in [2.45, 2.75) is 280 Å². The van der Waals surface area contributed by atoms with Crippen molar-refractivity contribution in [2.24, 2.45) is 0 Å². The number of carbonyl (C=O) groups excluding carboxylic acids is 2. The molecular formula is C58H126ClNO10. The Kier molecular flexibility index (Phi) is 83.7. The SMILES string of the molecule is C.C.C.CC(=O)C[N+](C)(C)C.CCCCCCCCCCCCCCCCOCC(CO)OCCCCC(O)CO.CCCCCCCCCCCCCCCCOCC(CO)OCCCCC=O.[Cl-]. The summed E-state index contributed by atoms with van der Waals surface area (Å²) >= 11 is 0. The van der Waals surface area contributed by atoms with Crippen LogP contribution in [0.25, 0.3) is 0 Å². The summed E-state index contributed by atoms with van der Waals surface area (Å²) in [5, 5.41) is 36.7. The molecule has 0 radical (unpaired) electrons. The standard InChI is InChI=1S/C25H52O5.C24H48O4.C6H14NO.3CH4.ClH/c1-2-3-4-5-6-7-8-9-10-11-12-13-14-16-19-29-23-25(22-27)30-20-17-15-18-24(28)21-26;1-2-3-4-5-6-7-8-9-10-11-12-13-14-17-20-27-23-24(22-26)28-21-18-15-16-19-25;1-6(8)5-7(2,3)4;;;;/h24-28H,2-23H2,1H3;19,24,26H,2-18,20-23H2,1H3;5H2,1-4H3;3*1H4;1H/q;;+1;;;;/p-1. The van der Waals surface area contributed by atoms with Crippen molar-refractivity contribution in [3.63, 3.8) is 0 Å². The van der Waals surface area contributed by atoms with E-state index < -0.39 is 6.10 Å². The van der Waals surface area contributed by atoms with Crippen LogP contribution in [-0.4, -0.2) is 142 Å². The molecule has 0 aliphatic heterocycles. The van der Waals surface area contributed by atoms with Crippen LogP contribution in [0.5, 0.6) is 0 Å². The van der Waals surface area contributed by atoms with E-state index in [1.165, 1.54) is 167 Å². The molecule has 0 saturated carbocycles. The van der Waals surface area contributed by atoms with Crippen molar-refractivity contribution in [3.05, 3.63) is 0 Å². The fourth-order valence-electron chi connectivity index (χ4n) is 7.60. The molecule has 0 spiro atoms. The molecule has 11 nitrogen and oxygen atoms in total. The molecule has 0 fully saturated rings. The molecule has 4 N–H and O–H groups in total. The first kappa shape index (κ1) is 83.3. The lowest BCUT2D eigenvalue weighted by molar-refractivity contribution is -0.862. The minimum Gasteiger partial charge on any atom is -1.00 e. The van der Waals surface area contributed by atoms with Gasteiger partial charge in [-0.25, -0.2) is 0 Å². The van der Waals surface area contributed by atoms with Crippen molar-refractivity contribution in [1.29, 1.82) is 0 Å². The van der Waals surface area contributed by atoms with Gasteiger partial charge in [0, 0.05) is 39.8 Å². The van der Waals surface area contributed by atoms with E-state index in [4.69, 9.17) is 24.1 Å². The van der Waals surface area contributed by atoms with Crippen LogP contribution < -0.4 is 12.4 Å². The van der Waals surface area contributed by atoms with Gasteiger partial charge < -0.3 is 61.1 Å². The van der Waals surface area contributed by atoms with Crippen LogP contribution in [0.1, 0.15) is 261 Å². The van der Waals surface area contributed by atoms with Gasteiger partial charge in [-0.1, -0.05) is 203 Å². The van der Waals surface area contributed by atoms with E-state index in [1.54, 1.807) is 6.92 Å². The lowest BCUT2D eigenvalue weighted by Gasteiger charge is -2.21. The Balaban J connectivity index is -0.000000187. The highest BCUT2D eigenvalue weighted by Crippen LogP contribution is 2.15. The van der Waals surface area contributed by atoms with Crippen molar-refractivity contribution in [1.82, 2.24) is 0 Å². The molecule has 12 heteroatoms. The van der Waals surface area contributed by atoms with Crippen molar-refractivity contribution >= 4 is 12.1 Å². The predicted molar refractivity (Wildman–Crippen MR) is 297 cm³/mol. The highest BCUT2D eigenvalue weighted by molar-refractivity contribution is 5.76. The topological polar surface area (TPSA) is 152 Å². The summed E-state index contributed by atoms with van der Waals surface area (Å²) in [4.78, 5) is 20.7. The molecule has 0 amide bonds. The number of hydrogen-bond donors (Lipinski definition) is 4. The largest absolute Gasteiger partial charge is 1.00 e. The van der Waals surface area contributed by atoms with E-state index >= 15 is 0 Å². The van der Waals surface area contributed by atoms with E-state index in [2.05, 4.69) is 13.8 Å². The number of halogens is 1. The summed E-state index contributed by atoms with van der Waals surface area (Å²) in [6.45, 7) is 10.1. The zero-order valence-electron chi connectivity index (χ0n) is 45.0. The number of carbonyl (C=O) groups is 2. The summed E-state index contributed by atoms with van der Waals surface area (Å²) in [5.41, 5.74) is 0. The summed E-state index contributed by atoms with van der Waals surface area (Å²) in [6.07, 6.45) is 42.3. The molecule has 430 valence electrons. The third-order valence-corrected chi connectivity index (χ3v) is 11.6. The number of likely N-dealkylation sites (N-methyl/N-ethyl adjacent to an activating group) is 1. The Bertz CT molecular complexity index is 929. The van der Waals surface area contributed by atoms with E-state index in [-0.39, 0.29) is 72.5 Å². The Morgan fingerprint density at radius 3 is 1.03 bits per heavy atom. The van der Waals surface area contributed by atoms with Gasteiger partial charge in [-0.05, 0) is 44.9 Å². The second kappa shape index (κ2) is 70.3. The van der Waals surface area contributed by atoms with Gasteiger partial charge in [0.25, 0.3) is 0 Å². The number of aldehydes is 1. The van der Waals surface area contributed by atoms with Crippen LogP contribution >= 0.6 is 0 Å². The number of hydrogen-bond acceptors (Lipinski definition) is 10. The van der Waals surface area contributed by atoms with Crippen molar-refractivity contribution in [2.75, 3.05) is 87.1 Å². The minimum atomic E-state index is -0.632. The number of quaternary nitrogens is 1. The maximum absolute atomic E-state index is 10.4. The molecule has 0 aliphatic rings. The zero-order valence-corrected chi connectivity index (χ0v) is 45.7. The van der Waals surface area contributed by atoms with Gasteiger partial charge >= 0.3 is 0 Å². The van der Waals surface area contributed by atoms with Crippen LogP contribution in [0.3, 0.4) is 0 Å². The summed E-state index contributed by atoms with van der Waals surface area (Å²) in [6, 6.07) is 0. The molecule has 0 aliphatic carbocycles. The van der Waals surface area contributed by atoms with Gasteiger partial charge in [-0.2, -0.15) is 0 Å². The molecule has 0 bridgehead atoms. The Morgan fingerprint density at radius 1 is 0.471 bits per heavy atom. The monoisotopic (exact) mass is 1030 g/mol. The van der Waals surface area contributed by atoms with E-state index in [0.717, 1.165) is 62.5 Å². The second-order valence-corrected chi connectivity index (χ2v) is 19.8. The Hall–Kier alpha value is -0.730. The molecule has 0 rings (SSSR count). The molecule has 3 unspecified atom stereocenters. The number of aliphatic hydroxyl groups excluding tert-OH is 4. The first-order valence-electron chi connectivity index (χ1n) is 27.6. The van der Waals surface area contributed by atoms with E-state index in [9.17, 15) is 24.9 Å². The molecule has 3 atom stereocenters. The summed E-state index contributed by atoms with van der Waals surface area (Å²) in [5.74, 6) is 0.248. The van der Waals surface area contributed by atoms with Gasteiger partial charge in [0.05, 0.1) is 60.3 Å². The second-order valence-electron chi connectivity index (χ2n) is 19.8. The number of Topliss-reactive ketones (excluding diaryl/α,β-unsaturated/α-hetero) is 1. The van der Waals surface area contributed by atoms with E-state index in [0.29, 0.717) is 45.8 Å².